The average molecular weight is 254 g/mol. The Labute approximate surface area is 106 Å². The van der Waals surface area contributed by atoms with Crippen molar-refractivity contribution in [3.63, 3.8) is 0 Å². The lowest BCUT2D eigenvalue weighted by Crippen LogP contribution is -2.19. The molecule has 3 nitrogen and oxygen atoms in total. The number of pyridine rings is 1. The maximum absolute atomic E-state index is 12.0. The van der Waals surface area contributed by atoms with Crippen molar-refractivity contribution in [2.24, 2.45) is 7.05 Å². The summed E-state index contributed by atoms with van der Waals surface area (Å²) in [5, 5.41) is 1.66. The van der Waals surface area contributed by atoms with Gasteiger partial charge in [0.05, 0.1) is 6.61 Å². The van der Waals surface area contributed by atoms with Crippen molar-refractivity contribution >= 4 is 23.2 Å². The van der Waals surface area contributed by atoms with Crippen molar-refractivity contribution in [3.8, 4) is 5.88 Å². The van der Waals surface area contributed by atoms with Gasteiger partial charge in [-0.3, -0.25) is 9.36 Å². The van der Waals surface area contributed by atoms with Crippen molar-refractivity contribution in [1.82, 2.24) is 4.57 Å². The number of hydrogen-bond acceptors (Lipinski definition) is 2. The molecule has 92 valence electrons. The van der Waals surface area contributed by atoms with Crippen molar-refractivity contribution < 1.29 is 4.74 Å². The molecule has 0 unspecified atom stereocenters. The van der Waals surface area contributed by atoms with Gasteiger partial charge >= 0.3 is 0 Å². The molecule has 1 heterocycles. The molecule has 0 saturated heterocycles. The molecular formula is C13H16ClNO2. The highest BCUT2D eigenvalue weighted by Gasteiger charge is 2.05. The fourth-order valence-corrected chi connectivity index (χ4v) is 1.67. The fourth-order valence-electron chi connectivity index (χ4n) is 1.67. The van der Waals surface area contributed by atoms with E-state index in [0.717, 1.165) is 17.2 Å². The number of hydrogen-bond donors (Lipinski definition) is 0. The molecule has 0 atom stereocenters. The molecule has 1 aromatic carbocycles. The van der Waals surface area contributed by atoms with Crippen molar-refractivity contribution in [1.29, 1.82) is 0 Å². The molecule has 0 aliphatic carbocycles. The minimum Gasteiger partial charge on any atom is -0.479 e. The first kappa shape index (κ1) is 13.6. The summed E-state index contributed by atoms with van der Waals surface area (Å²) < 4.78 is 7.09. The van der Waals surface area contributed by atoms with E-state index < -0.39 is 0 Å². The summed E-state index contributed by atoms with van der Waals surface area (Å²) in [6.45, 7) is 2.67. The highest BCUT2D eigenvalue weighted by molar-refractivity contribution is 5.85. The van der Waals surface area contributed by atoms with Crippen LogP contribution in [0.25, 0.3) is 10.8 Å². The molecule has 0 amide bonds. The topological polar surface area (TPSA) is 31.2 Å². The zero-order valence-electron chi connectivity index (χ0n) is 9.97. The van der Waals surface area contributed by atoms with Gasteiger partial charge in [0.2, 0.25) is 0 Å². The highest BCUT2D eigenvalue weighted by Crippen LogP contribution is 2.16. The van der Waals surface area contributed by atoms with Gasteiger partial charge in [-0.1, -0.05) is 25.1 Å². The molecule has 0 radical (unpaired) electrons. The van der Waals surface area contributed by atoms with Crippen LogP contribution in [0, 0.1) is 0 Å². The van der Waals surface area contributed by atoms with E-state index in [2.05, 4.69) is 0 Å². The highest BCUT2D eigenvalue weighted by atomic mass is 35.5. The second-order valence-corrected chi connectivity index (χ2v) is 3.78. The summed E-state index contributed by atoms with van der Waals surface area (Å²) in [6, 6.07) is 9.46. The predicted octanol–water partition coefficient (Wildman–Crippen LogP) is 2.75. The Bertz CT molecular complexity index is 563. The largest absolute Gasteiger partial charge is 0.479 e. The third kappa shape index (κ3) is 2.61. The summed E-state index contributed by atoms with van der Waals surface area (Å²) in [5.41, 5.74) is -0.01000. The van der Waals surface area contributed by atoms with Crippen LogP contribution in [0.2, 0.25) is 0 Å². The molecular weight excluding hydrogens is 238 g/mol. The number of aromatic nitrogens is 1. The van der Waals surface area contributed by atoms with Crippen LogP contribution >= 0.6 is 12.4 Å². The van der Waals surface area contributed by atoms with E-state index in [1.54, 1.807) is 11.6 Å². The van der Waals surface area contributed by atoms with Gasteiger partial charge in [-0.15, -0.1) is 12.4 Å². The number of halogens is 1. The first-order valence-corrected chi connectivity index (χ1v) is 5.45. The molecule has 0 N–H and O–H groups in total. The average Bonchev–Trinajstić information content (AvgIpc) is 2.32. The second-order valence-electron chi connectivity index (χ2n) is 3.78. The van der Waals surface area contributed by atoms with Gasteiger partial charge < -0.3 is 4.74 Å². The van der Waals surface area contributed by atoms with Crippen LogP contribution < -0.4 is 10.3 Å². The smallest absolute Gasteiger partial charge is 0.260 e. The monoisotopic (exact) mass is 253 g/mol. The van der Waals surface area contributed by atoms with Crippen LogP contribution in [0.3, 0.4) is 0 Å². The van der Waals surface area contributed by atoms with Crippen LogP contribution in [0.15, 0.2) is 35.1 Å². The summed E-state index contributed by atoms with van der Waals surface area (Å²) in [6.07, 6.45) is 0.932. The minimum atomic E-state index is -0.01000. The van der Waals surface area contributed by atoms with Crippen LogP contribution in [-0.2, 0) is 7.05 Å². The van der Waals surface area contributed by atoms with Crippen LogP contribution in [0.4, 0.5) is 0 Å². The van der Waals surface area contributed by atoms with Gasteiger partial charge in [0, 0.05) is 18.5 Å². The van der Waals surface area contributed by atoms with Gasteiger partial charge in [0.15, 0.2) is 5.88 Å². The maximum atomic E-state index is 12.0. The lowest BCUT2D eigenvalue weighted by molar-refractivity contribution is 0.292. The molecule has 0 aliphatic rings. The molecule has 0 bridgehead atoms. The van der Waals surface area contributed by atoms with Gasteiger partial charge in [-0.05, 0) is 17.9 Å². The second kappa shape index (κ2) is 5.73. The zero-order chi connectivity index (χ0) is 11.5. The van der Waals surface area contributed by atoms with Gasteiger partial charge in [-0.25, -0.2) is 0 Å². The quantitative estimate of drug-likeness (QED) is 0.842. The zero-order valence-corrected chi connectivity index (χ0v) is 10.8. The molecule has 0 fully saturated rings. The molecule has 2 aromatic rings. The SMILES string of the molecule is CCCOc1cc2ccccc2c(=O)n1C.Cl. The molecule has 4 heteroatoms. The summed E-state index contributed by atoms with van der Waals surface area (Å²) in [4.78, 5) is 12.0. The first-order chi connectivity index (χ1) is 7.74. The third-order valence-electron chi connectivity index (χ3n) is 2.56. The van der Waals surface area contributed by atoms with Crippen molar-refractivity contribution in [3.05, 3.63) is 40.7 Å². The molecule has 1 aromatic heterocycles. The van der Waals surface area contributed by atoms with Crippen LogP contribution in [0.5, 0.6) is 5.88 Å². The van der Waals surface area contributed by atoms with Gasteiger partial charge in [0.25, 0.3) is 5.56 Å². The van der Waals surface area contributed by atoms with E-state index in [0.29, 0.717) is 12.5 Å². The van der Waals surface area contributed by atoms with Crippen LogP contribution in [-0.4, -0.2) is 11.2 Å². The maximum Gasteiger partial charge on any atom is 0.260 e. The summed E-state index contributed by atoms with van der Waals surface area (Å²) >= 11 is 0. The van der Waals surface area contributed by atoms with E-state index in [4.69, 9.17) is 4.74 Å². The molecule has 0 saturated carbocycles. The lowest BCUT2D eigenvalue weighted by Gasteiger charge is -2.10. The Hall–Kier alpha value is -1.48. The first-order valence-electron chi connectivity index (χ1n) is 5.45. The van der Waals surface area contributed by atoms with Crippen LogP contribution in [0.1, 0.15) is 13.3 Å². The summed E-state index contributed by atoms with van der Waals surface area (Å²) in [7, 11) is 1.74. The van der Waals surface area contributed by atoms with E-state index in [1.165, 1.54) is 0 Å². The van der Waals surface area contributed by atoms with Gasteiger partial charge in [-0.2, -0.15) is 0 Å². The minimum absolute atomic E-state index is 0. The standard InChI is InChI=1S/C13H15NO2.ClH/c1-3-8-16-12-9-10-6-4-5-7-11(10)13(15)14(12)2;/h4-7,9H,3,8H2,1-2H3;1H. The van der Waals surface area contributed by atoms with E-state index in [1.807, 2.05) is 37.3 Å². The van der Waals surface area contributed by atoms with Crippen molar-refractivity contribution in [2.45, 2.75) is 13.3 Å². The summed E-state index contributed by atoms with van der Waals surface area (Å²) in [5.74, 6) is 0.630. The van der Waals surface area contributed by atoms with E-state index in [-0.39, 0.29) is 18.0 Å². The number of rotatable bonds is 3. The van der Waals surface area contributed by atoms with Crippen molar-refractivity contribution in [2.75, 3.05) is 6.61 Å². The van der Waals surface area contributed by atoms with E-state index >= 15 is 0 Å². The Morgan fingerprint density at radius 1 is 1.29 bits per heavy atom. The number of nitrogens with zero attached hydrogens (tertiary/aromatic N) is 1. The predicted molar refractivity (Wildman–Crippen MR) is 72.2 cm³/mol. The normalized spacial score (nSPS) is 10.0. The number of fused-ring (bicyclic) bond motifs is 1. The number of benzene rings is 1. The number of ether oxygens (including phenoxy) is 1. The van der Waals surface area contributed by atoms with Gasteiger partial charge in [0.1, 0.15) is 0 Å². The molecule has 0 spiro atoms. The Kier molecular flexibility index (Phi) is 4.58. The van der Waals surface area contributed by atoms with E-state index in [9.17, 15) is 4.79 Å². The third-order valence-corrected chi connectivity index (χ3v) is 2.56. The molecule has 2 rings (SSSR count). The Balaban J connectivity index is 0.00000144. The molecule has 17 heavy (non-hydrogen) atoms. The fraction of sp³-hybridized carbons (Fsp3) is 0.308. The molecule has 0 aliphatic heterocycles. The Morgan fingerprint density at radius 3 is 2.71 bits per heavy atom. The lowest BCUT2D eigenvalue weighted by atomic mass is 10.2. The Morgan fingerprint density at radius 2 is 2.00 bits per heavy atom.